The Morgan fingerprint density at radius 3 is 2.20 bits per heavy atom. The number of hydrogen-bond donors (Lipinski definition) is 1. The first-order chi connectivity index (χ1) is 7.08. The van der Waals surface area contributed by atoms with Crippen molar-refractivity contribution in [2.75, 3.05) is 19.8 Å². The number of ether oxygens (including phenoxy) is 2. The fraction of sp³-hybridized carbons (Fsp3) is 1.00. The van der Waals surface area contributed by atoms with Crippen LogP contribution in [0.3, 0.4) is 0 Å². The van der Waals surface area contributed by atoms with Crippen molar-refractivity contribution in [3.05, 3.63) is 0 Å². The minimum atomic E-state index is -0.221. The Morgan fingerprint density at radius 1 is 1.20 bits per heavy atom. The Labute approximate surface area is 92.3 Å². The Morgan fingerprint density at radius 2 is 1.73 bits per heavy atom. The lowest BCUT2D eigenvalue weighted by Crippen LogP contribution is -2.41. The van der Waals surface area contributed by atoms with E-state index in [2.05, 4.69) is 13.8 Å². The van der Waals surface area contributed by atoms with Crippen molar-refractivity contribution in [1.29, 1.82) is 0 Å². The molecule has 0 atom stereocenters. The van der Waals surface area contributed by atoms with Crippen LogP contribution in [0.1, 0.15) is 39.5 Å². The summed E-state index contributed by atoms with van der Waals surface area (Å²) in [5.74, 6) is 0.502. The van der Waals surface area contributed by atoms with Gasteiger partial charge < -0.3 is 15.2 Å². The zero-order chi connectivity index (χ0) is 10.9. The van der Waals surface area contributed by atoms with Crippen LogP contribution in [0.15, 0.2) is 0 Å². The summed E-state index contributed by atoms with van der Waals surface area (Å²) in [4.78, 5) is 0. The second-order valence-corrected chi connectivity index (χ2v) is 5.57. The van der Waals surface area contributed by atoms with Gasteiger partial charge in [0.05, 0.1) is 13.2 Å². The molecule has 2 rings (SSSR count). The van der Waals surface area contributed by atoms with Crippen LogP contribution < -0.4 is 5.73 Å². The summed E-state index contributed by atoms with van der Waals surface area (Å²) in [6, 6.07) is 0. The van der Waals surface area contributed by atoms with E-state index < -0.39 is 0 Å². The van der Waals surface area contributed by atoms with Gasteiger partial charge in [0.15, 0.2) is 5.79 Å². The second kappa shape index (κ2) is 4.04. The van der Waals surface area contributed by atoms with Crippen LogP contribution in [0.25, 0.3) is 0 Å². The molecule has 0 aromatic rings. The van der Waals surface area contributed by atoms with Crippen molar-refractivity contribution in [3.8, 4) is 0 Å². The molecule has 88 valence electrons. The van der Waals surface area contributed by atoms with E-state index in [0.29, 0.717) is 0 Å². The highest BCUT2D eigenvalue weighted by atomic mass is 16.7. The third-order valence-electron chi connectivity index (χ3n) is 4.19. The smallest absolute Gasteiger partial charge is 0.168 e. The zero-order valence-corrected chi connectivity index (χ0v) is 9.92. The molecular weight excluding hydrogens is 190 g/mol. The fourth-order valence-electron chi connectivity index (χ4n) is 2.79. The van der Waals surface area contributed by atoms with Crippen LogP contribution in [-0.2, 0) is 9.47 Å². The van der Waals surface area contributed by atoms with Gasteiger partial charge in [0.1, 0.15) is 0 Å². The van der Waals surface area contributed by atoms with Crippen molar-refractivity contribution < 1.29 is 9.47 Å². The molecule has 1 saturated heterocycles. The van der Waals surface area contributed by atoms with E-state index in [0.717, 1.165) is 38.5 Å². The normalized spacial score (nSPS) is 27.4. The first-order valence-corrected chi connectivity index (χ1v) is 6.06. The summed E-state index contributed by atoms with van der Waals surface area (Å²) in [5, 5.41) is 0. The molecule has 2 N–H and O–H groups in total. The van der Waals surface area contributed by atoms with E-state index in [1.165, 1.54) is 12.8 Å². The van der Waals surface area contributed by atoms with Crippen molar-refractivity contribution >= 4 is 0 Å². The van der Waals surface area contributed by atoms with Gasteiger partial charge in [-0.05, 0) is 30.7 Å². The molecule has 15 heavy (non-hydrogen) atoms. The highest BCUT2D eigenvalue weighted by Gasteiger charge is 2.43. The van der Waals surface area contributed by atoms with Gasteiger partial charge in [0, 0.05) is 12.8 Å². The average molecular weight is 213 g/mol. The molecule has 0 unspecified atom stereocenters. The minimum Gasteiger partial charge on any atom is -0.348 e. The van der Waals surface area contributed by atoms with Gasteiger partial charge in [0.25, 0.3) is 0 Å². The Hall–Kier alpha value is -0.120. The van der Waals surface area contributed by atoms with Crippen molar-refractivity contribution in [2.45, 2.75) is 45.3 Å². The first-order valence-electron chi connectivity index (χ1n) is 6.06. The van der Waals surface area contributed by atoms with Crippen LogP contribution in [0.5, 0.6) is 0 Å². The third kappa shape index (κ3) is 2.19. The van der Waals surface area contributed by atoms with E-state index in [-0.39, 0.29) is 11.2 Å². The maximum Gasteiger partial charge on any atom is 0.168 e. The molecular formula is C12H23NO2. The lowest BCUT2D eigenvalue weighted by atomic mass is 9.70. The topological polar surface area (TPSA) is 44.5 Å². The molecule has 0 aromatic carbocycles. The lowest BCUT2D eigenvalue weighted by molar-refractivity contribution is -0.187. The summed E-state index contributed by atoms with van der Waals surface area (Å²) in [6.07, 6.45) is 4.45. The number of hydrogen-bond acceptors (Lipinski definition) is 3. The monoisotopic (exact) mass is 213 g/mol. The molecule has 3 nitrogen and oxygen atoms in total. The van der Waals surface area contributed by atoms with Gasteiger partial charge in [-0.25, -0.2) is 0 Å². The molecule has 1 aliphatic carbocycles. The van der Waals surface area contributed by atoms with E-state index in [1.54, 1.807) is 0 Å². The predicted octanol–water partition coefficient (Wildman–Crippen LogP) is 1.90. The van der Waals surface area contributed by atoms with Crippen molar-refractivity contribution in [2.24, 2.45) is 17.1 Å². The summed E-state index contributed by atoms with van der Waals surface area (Å²) < 4.78 is 11.4. The largest absolute Gasteiger partial charge is 0.348 e. The molecule has 0 bridgehead atoms. The van der Waals surface area contributed by atoms with Crippen LogP contribution >= 0.6 is 0 Å². The molecule has 0 aromatic heterocycles. The maximum absolute atomic E-state index is 5.82. The number of nitrogens with two attached hydrogens (primary N) is 1. The molecule has 2 fully saturated rings. The van der Waals surface area contributed by atoms with Crippen LogP contribution in [0, 0.1) is 11.3 Å². The Kier molecular flexibility index (Phi) is 3.06. The van der Waals surface area contributed by atoms with E-state index in [4.69, 9.17) is 15.2 Å². The summed E-state index contributed by atoms with van der Waals surface area (Å²) in [6.45, 7) is 6.85. The second-order valence-electron chi connectivity index (χ2n) is 5.57. The number of rotatable bonds is 2. The van der Waals surface area contributed by atoms with Gasteiger partial charge in [-0.1, -0.05) is 13.8 Å². The summed E-state index contributed by atoms with van der Waals surface area (Å²) in [5.41, 5.74) is 6.08. The molecule has 0 amide bonds. The van der Waals surface area contributed by atoms with Crippen molar-refractivity contribution in [3.63, 3.8) is 0 Å². The minimum absolute atomic E-state index is 0.221. The fourth-order valence-corrected chi connectivity index (χ4v) is 2.79. The van der Waals surface area contributed by atoms with Gasteiger partial charge in [-0.2, -0.15) is 0 Å². The van der Waals surface area contributed by atoms with E-state index >= 15 is 0 Å². The molecule has 0 radical (unpaired) electrons. The van der Waals surface area contributed by atoms with Gasteiger partial charge in [-0.15, -0.1) is 0 Å². The highest BCUT2D eigenvalue weighted by Crippen LogP contribution is 2.44. The molecule has 1 saturated carbocycles. The SMILES string of the molecule is CC(C)(CN)C1CCC2(CC1)OCCO2. The van der Waals surface area contributed by atoms with E-state index in [1.807, 2.05) is 0 Å². The zero-order valence-electron chi connectivity index (χ0n) is 9.92. The standard InChI is InChI=1S/C12H23NO2/c1-11(2,9-13)10-3-5-12(6-4-10)14-7-8-15-12/h10H,3-9,13H2,1-2H3. The van der Waals surface area contributed by atoms with Crippen LogP contribution in [0.4, 0.5) is 0 Å². The van der Waals surface area contributed by atoms with Gasteiger partial charge in [-0.3, -0.25) is 0 Å². The predicted molar refractivity (Wildman–Crippen MR) is 59.4 cm³/mol. The Balaban J connectivity index is 1.91. The summed E-state index contributed by atoms with van der Waals surface area (Å²) >= 11 is 0. The summed E-state index contributed by atoms with van der Waals surface area (Å²) in [7, 11) is 0. The maximum atomic E-state index is 5.82. The van der Waals surface area contributed by atoms with Crippen LogP contribution in [0.2, 0.25) is 0 Å². The lowest BCUT2D eigenvalue weighted by Gasteiger charge is -2.41. The van der Waals surface area contributed by atoms with Crippen molar-refractivity contribution in [1.82, 2.24) is 0 Å². The Bertz CT molecular complexity index is 212. The van der Waals surface area contributed by atoms with Gasteiger partial charge >= 0.3 is 0 Å². The molecule has 2 aliphatic rings. The quantitative estimate of drug-likeness (QED) is 0.762. The molecule has 1 heterocycles. The highest BCUT2D eigenvalue weighted by molar-refractivity contribution is 4.88. The molecule has 1 spiro atoms. The first kappa shape index (κ1) is 11.4. The molecule has 3 heteroatoms. The van der Waals surface area contributed by atoms with Crippen LogP contribution in [-0.4, -0.2) is 25.5 Å². The van der Waals surface area contributed by atoms with Gasteiger partial charge in [0.2, 0.25) is 0 Å². The molecule has 1 aliphatic heterocycles. The third-order valence-corrected chi connectivity index (χ3v) is 4.19. The van der Waals surface area contributed by atoms with E-state index in [9.17, 15) is 0 Å². The average Bonchev–Trinajstić information content (AvgIpc) is 2.67.